The van der Waals surface area contributed by atoms with Crippen LogP contribution >= 0.6 is 11.3 Å². The monoisotopic (exact) mass is 398 g/mol. The van der Waals surface area contributed by atoms with Crippen molar-refractivity contribution >= 4 is 17.2 Å². The molecular formula is C18H14F4N2O2S. The van der Waals surface area contributed by atoms with Crippen molar-refractivity contribution in [1.82, 2.24) is 9.88 Å². The third-order valence-corrected chi connectivity index (χ3v) is 4.55. The van der Waals surface area contributed by atoms with Crippen LogP contribution in [0.4, 0.5) is 17.6 Å². The van der Waals surface area contributed by atoms with Crippen LogP contribution in [-0.2, 0) is 17.8 Å². The van der Waals surface area contributed by atoms with E-state index >= 15 is 0 Å². The Hall–Kier alpha value is -2.68. The summed E-state index contributed by atoms with van der Waals surface area (Å²) in [6.45, 7) is -1.67. The van der Waals surface area contributed by atoms with Crippen molar-refractivity contribution in [3.63, 3.8) is 0 Å². The number of alkyl halides is 3. The summed E-state index contributed by atoms with van der Waals surface area (Å²) in [4.78, 5) is 17.3. The molecule has 1 aromatic carbocycles. The Morgan fingerprint density at radius 1 is 1.22 bits per heavy atom. The molecule has 0 fully saturated rings. The molecule has 4 nitrogen and oxygen atoms in total. The minimum atomic E-state index is -4.53. The van der Waals surface area contributed by atoms with Gasteiger partial charge in [0.05, 0.1) is 24.9 Å². The summed E-state index contributed by atoms with van der Waals surface area (Å²) in [5.74, 6) is -0.888. The number of aromatic nitrogens is 1. The number of nitrogens with zero attached hydrogens (tertiary/aromatic N) is 2. The zero-order chi connectivity index (χ0) is 19.4. The molecule has 0 radical (unpaired) electrons. The van der Waals surface area contributed by atoms with Crippen LogP contribution in [0.1, 0.15) is 11.5 Å². The van der Waals surface area contributed by atoms with Gasteiger partial charge in [-0.3, -0.25) is 4.79 Å². The Kier molecular flexibility index (Phi) is 5.59. The van der Waals surface area contributed by atoms with Gasteiger partial charge in [0.25, 0.3) is 0 Å². The van der Waals surface area contributed by atoms with Gasteiger partial charge < -0.3 is 9.32 Å². The van der Waals surface area contributed by atoms with Crippen molar-refractivity contribution in [1.29, 1.82) is 0 Å². The van der Waals surface area contributed by atoms with E-state index in [0.29, 0.717) is 21.2 Å². The molecule has 0 aliphatic rings. The maximum absolute atomic E-state index is 13.3. The molecule has 2 aromatic heterocycles. The maximum Gasteiger partial charge on any atom is 0.406 e. The number of rotatable bonds is 6. The Morgan fingerprint density at radius 2 is 2.04 bits per heavy atom. The summed E-state index contributed by atoms with van der Waals surface area (Å²) in [6, 6.07) is 8.84. The summed E-state index contributed by atoms with van der Waals surface area (Å²) in [6.07, 6.45) is -3.49. The van der Waals surface area contributed by atoms with Gasteiger partial charge in [0.15, 0.2) is 0 Å². The quantitative estimate of drug-likeness (QED) is 0.567. The first-order chi connectivity index (χ1) is 12.8. The smallest absolute Gasteiger partial charge is 0.406 e. The van der Waals surface area contributed by atoms with Crippen LogP contribution in [0.5, 0.6) is 0 Å². The fourth-order valence-corrected chi connectivity index (χ4v) is 3.27. The van der Waals surface area contributed by atoms with Gasteiger partial charge >= 0.3 is 6.18 Å². The molecule has 0 unspecified atom stereocenters. The lowest BCUT2D eigenvalue weighted by Crippen LogP contribution is -2.39. The summed E-state index contributed by atoms with van der Waals surface area (Å²) >= 11 is 1.19. The molecule has 0 saturated carbocycles. The van der Waals surface area contributed by atoms with Crippen LogP contribution in [0.3, 0.4) is 0 Å². The number of hydrogen-bond donors (Lipinski definition) is 0. The molecule has 0 aliphatic heterocycles. The molecule has 3 aromatic rings. The minimum Gasteiger partial charge on any atom is -0.467 e. The van der Waals surface area contributed by atoms with Crippen molar-refractivity contribution in [3.05, 3.63) is 65.3 Å². The van der Waals surface area contributed by atoms with Crippen molar-refractivity contribution in [2.75, 3.05) is 6.54 Å². The van der Waals surface area contributed by atoms with Gasteiger partial charge in [0.2, 0.25) is 5.91 Å². The van der Waals surface area contributed by atoms with E-state index < -0.39 is 24.4 Å². The number of hydrogen-bond acceptors (Lipinski definition) is 4. The first kappa shape index (κ1) is 19.1. The number of carbonyl (C=O) groups is 1. The molecule has 3 rings (SSSR count). The standard InChI is InChI=1S/C18H14F4N2O2S/c19-13-4-1-3-12(7-13)17-23-14(10-27-17)8-16(25)24(11-18(20,21)22)9-15-5-2-6-26-15/h1-7,10H,8-9,11H2. The van der Waals surface area contributed by atoms with Gasteiger partial charge in [-0.1, -0.05) is 12.1 Å². The topological polar surface area (TPSA) is 46.3 Å². The molecular weight excluding hydrogens is 384 g/mol. The third kappa shape index (κ3) is 5.40. The molecule has 1 amide bonds. The first-order valence-electron chi connectivity index (χ1n) is 7.87. The number of benzene rings is 1. The SMILES string of the molecule is O=C(Cc1csc(-c2cccc(F)c2)n1)N(Cc1ccco1)CC(F)(F)F. The van der Waals surface area contributed by atoms with Crippen LogP contribution in [-0.4, -0.2) is 28.5 Å². The lowest BCUT2D eigenvalue weighted by Gasteiger charge is -2.22. The van der Waals surface area contributed by atoms with Crippen molar-refractivity contribution < 1.29 is 26.8 Å². The Morgan fingerprint density at radius 3 is 2.70 bits per heavy atom. The summed E-state index contributed by atoms with van der Waals surface area (Å²) in [5, 5.41) is 2.07. The fourth-order valence-electron chi connectivity index (χ4n) is 2.45. The molecule has 0 N–H and O–H groups in total. The number of amides is 1. The summed E-state index contributed by atoms with van der Waals surface area (Å²) < 4.78 is 56.8. The molecule has 0 spiro atoms. The summed E-state index contributed by atoms with van der Waals surface area (Å²) in [7, 11) is 0. The normalized spacial score (nSPS) is 11.6. The highest BCUT2D eigenvalue weighted by atomic mass is 32.1. The fraction of sp³-hybridized carbons (Fsp3) is 0.222. The van der Waals surface area contributed by atoms with Crippen molar-refractivity contribution in [3.8, 4) is 10.6 Å². The number of furan rings is 1. The van der Waals surface area contributed by atoms with E-state index in [-0.39, 0.29) is 18.7 Å². The van der Waals surface area contributed by atoms with Gasteiger partial charge in [-0.2, -0.15) is 13.2 Å². The molecule has 142 valence electrons. The zero-order valence-corrected chi connectivity index (χ0v) is 14.7. The predicted octanol–water partition coefficient (Wildman–Crippen LogP) is 4.68. The molecule has 0 atom stereocenters. The lowest BCUT2D eigenvalue weighted by atomic mass is 10.2. The van der Waals surface area contributed by atoms with Crippen molar-refractivity contribution in [2.24, 2.45) is 0 Å². The van der Waals surface area contributed by atoms with Crippen LogP contribution in [0.15, 0.2) is 52.5 Å². The van der Waals surface area contributed by atoms with E-state index in [9.17, 15) is 22.4 Å². The highest BCUT2D eigenvalue weighted by molar-refractivity contribution is 7.13. The van der Waals surface area contributed by atoms with Crippen LogP contribution in [0.2, 0.25) is 0 Å². The minimum absolute atomic E-state index is 0.256. The second-order valence-corrected chi connectivity index (χ2v) is 6.63. The van der Waals surface area contributed by atoms with Gasteiger partial charge in [-0.25, -0.2) is 9.37 Å². The highest BCUT2D eigenvalue weighted by Crippen LogP contribution is 2.25. The number of halogens is 4. The second-order valence-electron chi connectivity index (χ2n) is 5.78. The number of thiazole rings is 1. The summed E-state index contributed by atoms with van der Waals surface area (Å²) in [5.41, 5.74) is 0.873. The van der Waals surface area contributed by atoms with E-state index in [1.54, 1.807) is 11.4 Å². The molecule has 2 heterocycles. The Balaban J connectivity index is 1.73. The van der Waals surface area contributed by atoms with E-state index in [2.05, 4.69) is 4.98 Å². The molecule has 9 heteroatoms. The molecule has 0 bridgehead atoms. The first-order valence-corrected chi connectivity index (χ1v) is 8.75. The Labute approximate surface area is 156 Å². The van der Waals surface area contributed by atoms with E-state index in [4.69, 9.17) is 4.42 Å². The van der Waals surface area contributed by atoms with Gasteiger partial charge in [-0.15, -0.1) is 11.3 Å². The van der Waals surface area contributed by atoms with Crippen LogP contribution in [0, 0.1) is 5.82 Å². The highest BCUT2D eigenvalue weighted by Gasteiger charge is 2.33. The molecule has 0 aliphatic carbocycles. The average Bonchev–Trinajstić information content (AvgIpc) is 3.25. The lowest BCUT2D eigenvalue weighted by molar-refractivity contribution is -0.162. The van der Waals surface area contributed by atoms with Crippen LogP contribution < -0.4 is 0 Å². The second kappa shape index (κ2) is 7.91. The third-order valence-electron chi connectivity index (χ3n) is 3.61. The largest absolute Gasteiger partial charge is 0.467 e. The Bertz CT molecular complexity index is 906. The van der Waals surface area contributed by atoms with E-state index in [1.807, 2.05) is 0 Å². The van der Waals surface area contributed by atoms with Gasteiger partial charge in [0, 0.05) is 10.9 Å². The maximum atomic E-state index is 13.3. The molecule has 0 saturated heterocycles. The van der Waals surface area contributed by atoms with Gasteiger partial charge in [-0.05, 0) is 24.3 Å². The van der Waals surface area contributed by atoms with E-state index in [1.165, 1.54) is 47.9 Å². The van der Waals surface area contributed by atoms with Gasteiger partial charge in [0.1, 0.15) is 23.1 Å². The number of carbonyl (C=O) groups excluding carboxylic acids is 1. The average molecular weight is 398 g/mol. The van der Waals surface area contributed by atoms with Crippen molar-refractivity contribution in [2.45, 2.75) is 19.1 Å². The zero-order valence-electron chi connectivity index (χ0n) is 13.9. The van der Waals surface area contributed by atoms with Crippen LogP contribution in [0.25, 0.3) is 10.6 Å². The predicted molar refractivity (Wildman–Crippen MR) is 91.4 cm³/mol. The van der Waals surface area contributed by atoms with E-state index in [0.717, 1.165) is 0 Å². The molecule has 27 heavy (non-hydrogen) atoms.